The van der Waals surface area contributed by atoms with Crippen LogP contribution in [0.1, 0.15) is 142 Å². The van der Waals surface area contributed by atoms with Crippen LogP contribution in [-0.4, -0.2) is 43.3 Å². The molecule has 0 heterocycles. The SMILES string of the molecule is CCCCCCCCCCC(=O)O[C@H](COP(=O)([O-])[O-])CSCCCCCCCCCCCCCCOC=O.[Na+].[Na+]. The molecule has 41 heavy (non-hydrogen) atoms. The van der Waals surface area contributed by atoms with Gasteiger partial charge in [0.15, 0.2) is 0 Å². The fourth-order valence-electron chi connectivity index (χ4n) is 4.36. The molecule has 0 aromatic rings. The van der Waals surface area contributed by atoms with E-state index in [1.807, 2.05) is 0 Å². The van der Waals surface area contributed by atoms with Crippen molar-refractivity contribution in [3.8, 4) is 0 Å². The van der Waals surface area contributed by atoms with Crippen LogP contribution in [0.4, 0.5) is 0 Å². The van der Waals surface area contributed by atoms with Crippen LogP contribution in [0.2, 0.25) is 0 Å². The van der Waals surface area contributed by atoms with Crippen molar-refractivity contribution in [2.45, 2.75) is 148 Å². The Labute approximate surface area is 299 Å². The van der Waals surface area contributed by atoms with E-state index >= 15 is 0 Å². The number of carbonyl (C=O) groups is 2. The predicted molar refractivity (Wildman–Crippen MR) is 155 cm³/mol. The molecule has 0 unspecified atom stereocenters. The van der Waals surface area contributed by atoms with Crippen LogP contribution in [0.25, 0.3) is 0 Å². The number of hydrogen-bond acceptors (Lipinski definition) is 9. The summed E-state index contributed by atoms with van der Waals surface area (Å²) in [6, 6.07) is 0. The van der Waals surface area contributed by atoms with Crippen molar-refractivity contribution in [2.75, 3.05) is 24.7 Å². The van der Waals surface area contributed by atoms with E-state index < -0.39 is 20.5 Å². The second-order valence-electron chi connectivity index (χ2n) is 10.4. The molecule has 1 atom stereocenters. The van der Waals surface area contributed by atoms with Crippen LogP contribution in [0.3, 0.4) is 0 Å². The number of hydrogen-bond donors (Lipinski definition) is 0. The van der Waals surface area contributed by atoms with Gasteiger partial charge in [0.1, 0.15) is 6.10 Å². The summed E-state index contributed by atoms with van der Waals surface area (Å²) < 4.78 is 25.4. The van der Waals surface area contributed by atoms with E-state index in [1.165, 1.54) is 83.5 Å². The Balaban J connectivity index is -0.00000722. The van der Waals surface area contributed by atoms with Gasteiger partial charge in [-0.3, -0.25) is 9.59 Å². The number of phosphoric ester groups is 1. The Morgan fingerprint density at radius 2 is 1.22 bits per heavy atom. The first kappa shape index (κ1) is 46.8. The van der Waals surface area contributed by atoms with Gasteiger partial charge in [-0.15, -0.1) is 0 Å². The van der Waals surface area contributed by atoms with E-state index in [0.717, 1.165) is 50.7 Å². The van der Waals surface area contributed by atoms with Crippen molar-refractivity contribution >= 4 is 32.0 Å². The number of unbranched alkanes of at least 4 members (excludes halogenated alkanes) is 18. The standard InChI is InChI=1S/C29H57O8PS.2Na/c1-2-3-4-5-6-13-16-19-22-29(31)37-28(25-36-38(32,33)34)26-39-24-21-18-15-12-10-8-7-9-11-14-17-20-23-35-27-30;;/h27-28H,2-26H2,1H3,(H2,32,33,34);;/q;2*+1/p-2/t28-;;/m1../s1. The van der Waals surface area contributed by atoms with E-state index in [9.17, 15) is 23.9 Å². The summed E-state index contributed by atoms with van der Waals surface area (Å²) in [5.74, 6) is 0.968. The Bertz CT molecular complexity index is 613. The normalized spacial score (nSPS) is 11.8. The van der Waals surface area contributed by atoms with Crippen LogP contribution < -0.4 is 68.9 Å². The first-order valence-electron chi connectivity index (χ1n) is 15.4. The summed E-state index contributed by atoms with van der Waals surface area (Å²) >= 11 is 1.60. The Morgan fingerprint density at radius 3 is 1.71 bits per heavy atom. The summed E-state index contributed by atoms with van der Waals surface area (Å²) in [6.07, 6.45) is 22.9. The second kappa shape index (κ2) is 35.9. The average Bonchev–Trinajstić information content (AvgIpc) is 2.90. The van der Waals surface area contributed by atoms with Gasteiger partial charge in [0.05, 0.1) is 21.0 Å². The van der Waals surface area contributed by atoms with Crippen molar-refractivity contribution in [3.63, 3.8) is 0 Å². The molecule has 232 valence electrons. The van der Waals surface area contributed by atoms with Gasteiger partial charge in [0, 0.05) is 12.2 Å². The van der Waals surface area contributed by atoms with Crippen molar-refractivity contribution in [2.24, 2.45) is 0 Å². The van der Waals surface area contributed by atoms with Crippen LogP contribution in [0.15, 0.2) is 0 Å². The summed E-state index contributed by atoms with van der Waals surface area (Å²) in [6.45, 7) is 2.84. The first-order valence-corrected chi connectivity index (χ1v) is 18.0. The van der Waals surface area contributed by atoms with Crippen LogP contribution in [-0.2, 0) is 28.2 Å². The zero-order valence-corrected chi connectivity index (χ0v) is 32.2. The van der Waals surface area contributed by atoms with Gasteiger partial charge in [-0.25, -0.2) is 0 Å². The number of carbonyl (C=O) groups excluding carboxylic acids is 2. The maximum atomic E-state index is 12.2. The van der Waals surface area contributed by atoms with Gasteiger partial charge in [0.25, 0.3) is 6.47 Å². The molecule has 12 heteroatoms. The summed E-state index contributed by atoms with van der Waals surface area (Å²) in [4.78, 5) is 44.0. The zero-order chi connectivity index (χ0) is 28.9. The maximum absolute atomic E-state index is 12.2. The third kappa shape index (κ3) is 39.4. The molecule has 0 aromatic carbocycles. The molecule has 0 bridgehead atoms. The summed E-state index contributed by atoms with van der Waals surface area (Å²) in [5, 5.41) is 0. The molecule has 0 saturated carbocycles. The average molecular weight is 641 g/mol. The number of phosphoric acid groups is 1. The van der Waals surface area contributed by atoms with Gasteiger partial charge >= 0.3 is 65.1 Å². The zero-order valence-electron chi connectivity index (χ0n) is 26.5. The number of esters is 1. The minimum absolute atomic E-state index is 0. The Kier molecular flexibility index (Phi) is 41.0. The minimum Gasteiger partial charge on any atom is -0.790 e. The quantitative estimate of drug-likeness (QED) is 0.0357. The van der Waals surface area contributed by atoms with E-state index in [4.69, 9.17) is 4.74 Å². The van der Waals surface area contributed by atoms with E-state index in [2.05, 4.69) is 16.2 Å². The molecule has 0 N–H and O–H groups in total. The van der Waals surface area contributed by atoms with Gasteiger partial charge in [-0.1, -0.05) is 116 Å². The molecule has 0 aliphatic carbocycles. The van der Waals surface area contributed by atoms with Crippen molar-refractivity contribution in [1.82, 2.24) is 0 Å². The molecule has 0 aliphatic rings. The van der Waals surface area contributed by atoms with E-state index in [0.29, 0.717) is 25.3 Å². The fraction of sp³-hybridized carbons (Fsp3) is 0.931. The summed E-state index contributed by atoms with van der Waals surface area (Å²) in [7, 11) is -5.10. The van der Waals surface area contributed by atoms with Crippen molar-refractivity contribution < 1.29 is 97.1 Å². The van der Waals surface area contributed by atoms with Gasteiger partial charge < -0.3 is 28.3 Å². The van der Waals surface area contributed by atoms with Gasteiger partial charge in [-0.2, -0.15) is 11.8 Å². The molecule has 8 nitrogen and oxygen atoms in total. The molecular weight excluding hydrogens is 585 g/mol. The maximum Gasteiger partial charge on any atom is 1.00 e. The van der Waals surface area contributed by atoms with Crippen LogP contribution in [0.5, 0.6) is 0 Å². The van der Waals surface area contributed by atoms with Crippen molar-refractivity contribution in [3.05, 3.63) is 0 Å². The molecule has 0 saturated heterocycles. The molecule has 0 amide bonds. The second-order valence-corrected chi connectivity index (χ2v) is 12.7. The Morgan fingerprint density at radius 1 is 0.756 bits per heavy atom. The van der Waals surface area contributed by atoms with Gasteiger partial charge in [-0.05, 0) is 25.0 Å². The largest absolute Gasteiger partial charge is 1.00 e. The molecule has 0 spiro atoms. The van der Waals surface area contributed by atoms with E-state index in [1.54, 1.807) is 11.8 Å². The smallest absolute Gasteiger partial charge is 0.790 e. The molecule has 0 aliphatic heterocycles. The third-order valence-corrected chi connectivity index (χ3v) is 8.27. The van der Waals surface area contributed by atoms with Crippen molar-refractivity contribution in [1.29, 1.82) is 0 Å². The third-order valence-electron chi connectivity index (χ3n) is 6.62. The molecule has 0 aromatic heterocycles. The molecule has 0 rings (SSSR count). The molecular formula is C29H55Na2O8PS. The molecule has 0 radical (unpaired) electrons. The van der Waals surface area contributed by atoms with E-state index in [-0.39, 0.29) is 65.1 Å². The van der Waals surface area contributed by atoms with Crippen LogP contribution in [0, 0.1) is 0 Å². The minimum atomic E-state index is -5.10. The summed E-state index contributed by atoms with van der Waals surface area (Å²) in [5.41, 5.74) is 0. The Hall–Kier alpha value is 1.40. The fourth-order valence-corrected chi connectivity index (χ4v) is 5.71. The number of thioether (sulfide) groups is 1. The monoisotopic (exact) mass is 640 g/mol. The number of ether oxygens (including phenoxy) is 2. The van der Waals surface area contributed by atoms with Crippen LogP contribution >= 0.6 is 19.6 Å². The van der Waals surface area contributed by atoms with Gasteiger partial charge in [0.2, 0.25) is 0 Å². The molecule has 0 fully saturated rings. The topological polar surface area (TPSA) is 125 Å². The predicted octanol–water partition coefficient (Wildman–Crippen LogP) is 0.870. The number of rotatable bonds is 31. The first-order chi connectivity index (χ1) is 18.9.